The first-order valence-electron chi connectivity index (χ1n) is 8.53. The Kier molecular flexibility index (Phi) is 7.18. The lowest BCUT2D eigenvalue weighted by molar-refractivity contribution is -0.885. The maximum Gasteiger partial charge on any atom is 0.275 e. The summed E-state index contributed by atoms with van der Waals surface area (Å²) >= 11 is 5.97. The Morgan fingerprint density at radius 3 is 2.54 bits per heavy atom. The van der Waals surface area contributed by atoms with Crippen molar-refractivity contribution in [3.63, 3.8) is 0 Å². The molecular weight excluding hydrogens is 350 g/mol. The second-order valence-electron chi connectivity index (χ2n) is 6.51. The van der Waals surface area contributed by atoms with E-state index in [1.165, 1.54) is 0 Å². The number of benzene rings is 2. The number of rotatable bonds is 7. The maximum atomic E-state index is 12.1. The molecule has 0 bridgehead atoms. The number of hydrogen-bond acceptors (Lipinski definition) is 2. The van der Waals surface area contributed by atoms with Gasteiger partial charge in [0.1, 0.15) is 6.54 Å². The van der Waals surface area contributed by atoms with Crippen LogP contribution in [0.4, 0.5) is 5.69 Å². The van der Waals surface area contributed by atoms with Crippen molar-refractivity contribution in [2.45, 2.75) is 20.4 Å². The Bertz CT molecular complexity index is 792. The molecule has 0 aliphatic rings. The summed E-state index contributed by atoms with van der Waals surface area (Å²) < 4.78 is 0. The fourth-order valence-electron chi connectivity index (χ4n) is 2.65. The standard InChI is InChI=1S/C20H24ClN3O2/c1-14-6-4-9-18(15(14)2)23-19(25)11-22-20(26)13-24(3)12-16-7-5-8-17(21)10-16/h4-10H,11-13H2,1-3H3,(H,22,26)(H,23,25)/p+1. The SMILES string of the molecule is Cc1cccc(NC(=O)CNC(=O)C[NH+](C)Cc2cccc(Cl)c2)c1C. The largest absolute Gasteiger partial charge is 0.342 e. The normalized spacial score (nSPS) is 11.7. The van der Waals surface area contributed by atoms with Gasteiger partial charge in [0, 0.05) is 16.3 Å². The topological polar surface area (TPSA) is 62.6 Å². The van der Waals surface area contributed by atoms with Crippen molar-refractivity contribution >= 4 is 29.1 Å². The van der Waals surface area contributed by atoms with Gasteiger partial charge in [0.05, 0.1) is 13.6 Å². The number of anilines is 1. The predicted molar refractivity (Wildman–Crippen MR) is 104 cm³/mol. The zero-order valence-electron chi connectivity index (χ0n) is 15.4. The molecular formula is C20H25ClN3O2+. The van der Waals surface area contributed by atoms with Crippen molar-refractivity contribution < 1.29 is 14.5 Å². The lowest BCUT2D eigenvalue weighted by atomic mass is 10.1. The molecule has 0 aliphatic carbocycles. The average molecular weight is 375 g/mol. The number of quaternary nitrogens is 1. The minimum Gasteiger partial charge on any atom is -0.342 e. The van der Waals surface area contributed by atoms with Crippen molar-refractivity contribution in [1.29, 1.82) is 0 Å². The van der Waals surface area contributed by atoms with Gasteiger partial charge in [-0.25, -0.2) is 0 Å². The van der Waals surface area contributed by atoms with Crippen LogP contribution >= 0.6 is 11.6 Å². The summed E-state index contributed by atoms with van der Waals surface area (Å²) in [4.78, 5) is 25.1. The molecule has 0 aromatic heterocycles. The molecule has 0 radical (unpaired) electrons. The summed E-state index contributed by atoms with van der Waals surface area (Å²) in [6.45, 7) is 4.87. The van der Waals surface area contributed by atoms with E-state index in [0.29, 0.717) is 11.6 Å². The lowest BCUT2D eigenvalue weighted by Gasteiger charge is -2.14. The third-order valence-corrected chi connectivity index (χ3v) is 4.42. The van der Waals surface area contributed by atoms with Crippen molar-refractivity contribution in [3.05, 3.63) is 64.2 Å². The molecule has 26 heavy (non-hydrogen) atoms. The van der Waals surface area contributed by atoms with Crippen LogP contribution in [-0.2, 0) is 16.1 Å². The van der Waals surface area contributed by atoms with Crippen LogP contribution in [0.2, 0.25) is 5.02 Å². The zero-order valence-corrected chi connectivity index (χ0v) is 16.1. The van der Waals surface area contributed by atoms with Crippen molar-refractivity contribution in [1.82, 2.24) is 5.32 Å². The van der Waals surface area contributed by atoms with E-state index in [1.807, 2.05) is 63.4 Å². The molecule has 138 valence electrons. The highest BCUT2D eigenvalue weighted by Gasteiger charge is 2.13. The molecule has 0 saturated heterocycles. The van der Waals surface area contributed by atoms with Crippen LogP contribution in [0.5, 0.6) is 0 Å². The summed E-state index contributed by atoms with van der Waals surface area (Å²) in [5.41, 5.74) is 3.97. The summed E-state index contributed by atoms with van der Waals surface area (Å²) in [6, 6.07) is 13.3. The number of nitrogens with one attached hydrogen (secondary N) is 3. The molecule has 1 atom stereocenters. The number of amides is 2. The van der Waals surface area contributed by atoms with Crippen LogP contribution in [0.3, 0.4) is 0 Å². The van der Waals surface area contributed by atoms with Gasteiger partial charge < -0.3 is 15.5 Å². The molecule has 1 unspecified atom stereocenters. The van der Waals surface area contributed by atoms with Gasteiger partial charge in [0.2, 0.25) is 5.91 Å². The predicted octanol–water partition coefficient (Wildman–Crippen LogP) is 1.73. The Balaban J connectivity index is 1.77. The fourth-order valence-corrected chi connectivity index (χ4v) is 2.87. The summed E-state index contributed by atoms with van der Waals surface area (Å²) in [5, 5.41) is 6.18. The molecule has 2 aromatic rings. The zero-order chi connectivity index (χ0) is 19.1. The van der Waals surface area contributed by atoms with Crippen LogP contribution in [0, 0.1) is 13.8 Å². The van der Waals surface area contributed by atoms with Gasteiger partial charge in [-0.2, -0.15) is 0 Å². The summed E-state index contributed by atoms with van der Waals surface area (Å²) in [6.07, 6.45) is 0. The average Bonchev–Trinajstić information content (AvgIpc) is 2.57. The van der Waals surface area contributed by atoms with Crippen LogP contribution in [-0.4, -0.2) is 32.0 Å². The van der Waals surface area contributed by atoms with Crippen molar-refractivity contribution in [2.75, 3.05) is 25.5 Å². The number of likely N-dealkylation sites (N-methyl/N-ethyl adjacent to an activating group) is 1. The van der Waals surface area contributed by atoms with Gasteiger partial charge in [0.15, 0.2) is 6.54 Å². The first-order valence-corrected chi connectivity index (χ1v) is 8.91. The van der Waals surface area contributed by atoms with Gasteiger partial charge >= 0.3 is 0 Å². The summed E-state index contributed by atoms with van der Waals surface area (Å²) in [7, 11) is 1.93. The number of hydrogen-bond donors (Lipinski definition) is 3. The molecule has 2 aromatic carbocycles. The fraction of sp³-hybridized carbons (Fsp3) is 0.300. The van der Waals surface area contributed by atoms with Gasteiger partial charge in [-0.15, -0.1) is 0 Å². The van der Waals surface area contributed by atoms with E-state index >= 15 is 0 Å². The number of halogens is 1. The van der Waals surface area contributed by atoms with Crippen molar-refractivity contribution in [3.8, 4) is 0 Å². The molecule has 0 spiro atoms. The summed E-state index contributed by atoms with van der Waals surface area (Å²) in [5.74, 6) is -0.403. The second-order valence-corrected chi connectivity index (χ2v) is 6.95. The smallest absolute Gasteiger partial charge is 0.275 e. The van der Waals surface area contributed by atoms with E-state index in [1.54, 1.807) is 0 Å². The van der Waals surface area contributed by atoms with Gasteiger partial charge in [-0.3, -0.25) is 9.59 Å². The molecule has 2 amide bonds. The molecule has 6 heteroatoms. The Labute approximate surface area is 159 Å². The molecule has 0 aliphatic heterocycles. The van der Waals surface area contributed by atoms with E-state index in [0.717, 1.165) is 27.3 Å². The van der Waals surface area contributed by atoms with E-state index in [9.17, 15) is 9.59 Å². The second kappa shape index (κ2) is 9.36. The van der Waals surface area contributed by atoms with Gasteiger partial charge in [0.25, 0.3) is 5.91 Å². The first-order chi connectivity index (χ1) is 12.3. The van der Waals surface area contributed by atoms with Crippen LogP contribution in [0.25, 0.3) is 0 Å². The van der Waals surface area contributed by atoms with Gasteiger partial charge in [-0.05, 0) is 43.2 Å². The minimum absolute atomic E-state index is 0.0450. The molecule has 0 fully saturated rings. The lowest BCUT2D eigenvalue weighted by Crippen LogP contribution is -3.08. The number of aryl methyl sites for hydroxylation is 1. The Morgan fingerprint density at radius 1 is 1.08 bits per heavy atom. The van der Waals surface area contributed by atoms with E-state index in [2.05, 4.69) is 10.6 Å². The first kappa shape index (κ1) is 19.9. The Morgan fingerprint density at radius 2 is 1.81 bits per heavy atom. The van der Waals surface area contributed by atoms with Crippen molar-refractivity contribution in [2.24, 2.45) is 0 Å². The van der Waals surface area contributed by atoms with Crippen LogP contribution in [0.1, 0.15) is 16.7 Å². The minimum atomic E-state index is -0.237. The van der Waals surface area contributed by atoms with Gasteiger partial charge in [-0.1, -0.05) is 35.9 Å². The molecule has 0 saturated carbocycles. The Hall–Kier alpha value is -2.37. The molecule has 0 heterocycles. The molecule has 2 rings (SSSR count). The third-order valence-electron chi connectivity index (χ3n) is 4.18. The monoisotopic (exact) mass is 374 g/mol. The van der Waals surface area contributed by atoms with E-state index in [4.69, 9.17) is 11.6 Å². The van der Waals surface area contributed by atoms with Crippen LogP contribution < -0.4 is 15.5 Å². The van der Waals surface area contributed by atoms with E-state index < -0.39 is 0 Å². The number of carbonyl (C=O) groups is 2. The van der Waals surface area contributed by atoms with E-state index in [-0.39, 0.29) is 24.9 Å². The highest BCUT2D eigenvalue weighted by Crippen LogP contribution is 2.17. The van der Waals surface area contributed by atoms with Crippen LogP contribution in [0.15, 0.2) is 42.5 Å². The third kappa shape index (κ3) is 6.17. The highest BCUT2D eigenvalue weighted by atomic mass is 35.5. The number of carbonyl (C=O) groups excluding carboxylic acids is 2. The maximum absolute atomic E-state index is 12.1. The molecule has 5 nitrogen and oxygen atoms in total. The molecule has 3 N–H and O–H groups in total. The quantitative estimate of drug-likeness (QED) is 0.691. The highest BCUT2D eigenvalue weighted by molar-refractivity contribution is 6.30.